The molecule has 0 saturated heterocycles. The Morgan fingerprint density at radius 1 is 1.36 bits per heavy atom. The lowest BCUT2D eigenvalue weighted by Gasteiger charge is -2.07. The summed E-state index contributed by atoms with van der Waals surface area (Å²) in [5.41, 5.74) is 12.9. The van der Waals surface area contributed by atoms with Crippen LogP contribution in [-0.2, 0) is 6.42 Å². The zero-order chi connectivity index (χ0) is 8.43. The second kappa shape index (κ2) is 2.70. The Balaban J connectivity index is 3.29. The van der Waals surface area contributed by atoms with Crippen molar-refractivity contribution in [1.29, 1.82) is 0 Å². The van der Waals surface area contributed by atoms with Gasteiger partial charge in [-0.25, -0.2) is 0 Å². The molecule has 0 spiro atoms. The van der Waals surface area contributed by atoms with Crippen molar-refractivity contribution < 1.29 is 5.11 Å². The molecule has 0 aliphatic carbocycles. The van der Waals surface area contributed by atoms with Crippen molar-refractivity contribution in [3.63, 3.8) is 0 Å². The molecular weight excluding hydrogens is 140 g/mol. The third-order valence-electron chi connectivity index (χ3n) is 1.72. The van der Waals surface area contributed by atoms with Gasteiger partial charge in [0.1, 0.15) is 5.75 Å². The summed E-state index contributed by atoms with van der Waals surface area (Å²) in [5.74, 6) is 0.221. The number of nitrogen functional groups attached to an aromatic ring is 2. The van der Waals surface area contributed by atoms with Crippen LogP contribution in [0.4, 0.5) is 11.4 Å². The van der Waals surface area contributed by atoms with Gasteiger partial charge in [-0.2, -0.15) is 0 Å². The number of hydrogen-bond acceptors (Lipinski definition) is 3. The molecule has 0 unspecified atom stereocenters. The molecule has 1 aromatic carbocycles. The van der Waals surface area contributed by atoms with Gasteiger partial charge in [0.05, 0.1) is 11.4 Å². The molecule has 0 saturated carbocycles. The summed E-state index contributed by atoms with van der Waals surface area (Å²) in [6, 6.07) is 3.16. The Kier molecular flexibility index (Phi) is 1.89. The standard InChI is InChI=1S/C8H12N2O/c1-2-5-7(11)4-3-6(9)8(5)10/h3-4,11H,2,9-10H2,1H3. The molecule has 0 amide bonds. The summed E-state index contributed by atoms with van der Waals surface area (Å²) < 4.78 is 0. The lowest BCUT2D eigenvalue weighted by Crippen LogP contribution is -1.98. The molecule has 11 heavy (non-hydrogen) atoms. The van der Waals surface area contributed by atoms with Crippen LogP contribution in [0.25, 0.3) is 0 Å². The molecule has 0 radical (unpaired) electrons. The van der Waals surface area contributed by atoms with E-state index >= 15 is 0 Å². The third-order valence-corrected chi connectivity index (χ3v) is 1.72. The predicted molar refractivity (Wildman–Crippen MR) is 46.3 cm³/mol. The number of nitrogens with two attached hydrogens (primary N) is 2. The molecule has 0 heterocycles. The molecule has 0 aromatic heterocycles. The quantitative estimate of drug-likeness (QED) is 0.417. The molecule has 0 aliphatic rings. The second-order valence-electron chi connectivity index (χ2n) is 2.42. The fourth-order valence-corrected chi connectivity index (χ4v) is 1.04. The van der Waals surface area contributed by atoms with E-state index in [0.717, 1.165) is 5.56 Å². The first-order chi connectivity index (χ1) is 5.16. The Morgan fingerprint density at radius 3 is 2.45 bits per heavy atom. The molecule has 1 aromatic rings. The second-order valence-corrected chi connectivity index (χ2v) is 2.42. The van der Waals surface area contributed by atoms with Gasteiger partial charge in [-0.15, -0.1) is 0 Å². The molecular formula is C8H12N2O. The van der Waals surface area contributed by atoms with E-state index < -0.39 is 0 Å². The molecule has 3 heteroatoms. The maximum atomic E-state index is 9.28. The van der Waals surface area contributed by atoms with E-state index in [-0.39, 0.29) is 5.75 Å². The Hall–Kier alpha value is -1.38. The minimum absolute atomic E-state index is 0.221. The van der Waals surface area contributed by atoms with E-state index in [9.17, 15) is 5.11 Å². The molecule has 0 fully saturated rings. The number of phenols is 1. The Morgan fingerprint density at radius 2 is 2.00 bits per heavy atom. The monoisotopic (exact) mass is 152 g/mol. The van der Waals surface area contributed by atoms with E-state index in [1.165, 1.54) is 0 Å². The van der Waals surface area contributed by atoms with Crippen molar-refractivity contribution in [2.45, 2.75) is 13.3 Å². The number of rotatable bonds is 1. The highest BCUT2D eigenvalue weighted by Crippen LogP contribution is 2.28. The molecule has 0 atom stereocenters. The highest BCUT2D eigenvalue weighted by atomic mass is 16.3. The van der Waals surface area contributed by atoms with E-state index in [2.05, 4.69) is 0 Å². The van der Waals surface area contributed by atoms with Crippen LogP contribution in [0.2, 0.25) is 0 Å². The smallest absolute Gasteiger partial charge is 0.120 e. The van der Waals surface area contributed by atoms with E-state index in [0.29, 0.717) is 17.8 Å². The van der Waals surface area contributed by atoms with Gasteiger partial charge in [-0.1, -0.05) is 6.92 Å². The van der Waals surface area contributed by atoms with Gasteiger partial charge in [0.2, 0.25) is 0 Å². The SMILES string of the molecule is CCc1c(O)ccc(N)c1N. The number of anilines is 2. The minimum atomic E-state index is 0.221. The van der Waals surface area contributed by atoms with E-state index in [4.69, 9.17) is 11.5 Å². The summed E-state index contributed by atoms with van der Waals surface area (Å²) >= 11 is 0. The average Bonchev–Trinajstić information content (AvgIpc) is 1.99. The van der Waals surface area contributed by atoms with Crippen LogP contribution in [0.3, 0.4) is 0 Å². The molecule has 1 rings (SSSR count). The fraction of sp³-hybridized carbons (Fsp3) is 0.250. The van der Waals surface area contributed by atoms with Crippen molar-refractivity contribution in [1.82, 2.24) is 0 Å². The maximum absolute atomic E-state index is 9.28. The molecule has 5 N–H and O–H groups in total. The predicted octanol–water partition coefficient (Wildman–Crippen LogP) is 1.12. The lowest BCUT2D eigenvalue weighted by atomic mass is 10.1. The summed E-state index contributed by atoms with van der Waals surface area (Å²) in [5, 5.41) is 9.28. The first-order valence-electron chi connectivity index (χ1n) is 3.52. The number of phenolic OH excluding ortho intramolecular Hbond substituents is 1. The summed E-state index contributed by atoms with van der Waals surface area (Å²) in [7, 11) is 0. The summed E-state index contributed by atoms with van der Waals surface area (Å²) in [4.78, 5) is 0. The van der Waals surface area contributed by atoms with Gasteiger partial charge in [0.25, 0.3) is 0 Å². The highest BCUT2D eigenvalue weighted by molar-refractivity contribution is 5.70. The number of aromatic hydroxyl groups is 1. The van der Waals surface area contributed by atoms with Crippen molar-refractivity contribution in [2.24, 2.45) is 0 Å². The lowest BCUT2D eigenvalue weighted by molar-refractivity contribution is 0.469. The van der Waals surface area contributed by atoms with Crippen LogP contribution in [0.5, 0.6) is 5.75 Å². The van der Waals surface area contributed by atoms with Gasteiger partial charge in [0, 0.05) is 5.56 Å². The van der Waals surface area contributed by atoms with Crippen LogP contribution in [-0.4, -0.2) is 5.11 Å². The van der Waals surface area contributed by atoms with Gasteiger partial charge < -0.3 is 16.6 Å². The summed E-state index contributed by atoms with van der Waals surface area (Å²) in [6.45, 7) is 1.92. The number of benzene rings is 1. The van der Waals surface area contributed by atoms with E-state index in [1.807, 2.05) is 6.92 Å². The van der Waals surface area contributed by atoms with Crippen molar-refractivity contribution >= 4 is 11.4 Å². The average molecular weight is 152 g/mol. The van der Waals surface area contributed by atoms with Gasteiger partial charge in [-0.3, -0.25) is 0 Å². The highest BCUT2D eigenvalue weighted by Gasteiger charge is 2.05. The molecule has 3 nitrogen and oxygen atoms in total. The normalized spacial score (nSPS) is 9.91. The Bertz CT molecular complexity index is 271. The van der Waals surface area contributed by atoms with Crippen LogP contribution < -0.4 is 11.5 Å². The zero-order valence-corrected chi connectivity index (χ0v) is 6.46. The van der Waals surface area contributed by atoms with Gasteiger partial charge >= 0.3 is 0 Å². The molecule has 0 aliphatic heterocycles. The van der Waals surface area contributed by atoms with Crippen LogP contribution >= 0.6 is 0 Å². The molecule has 60 valence electrons. The first kappa shape index (κ1) is 7.72. The maximum Gasteiger partial charge on any atom is 0.120 e. The third kappa shape index (κ3) is 1.22. The van der Waals surface area contributed by atoms with Gasteiger partial charge in [0.15, 0.2) is 0 Å². The Labute approximate surface area is 65.6 Å². The fourth-order valence-electron chi connectivity index (χ4n) is 1.04. The largest absolute Gasteiger partial charge is 0.508 e. The number of hydrogen-bond donors (Lipinski definition) is 3. The zero-order valence-electron chi connectivity index (χ0n) is 6.46. The molecule has 0 bridgehead atoms. The van der Waals surface area contributed by atoms with Gasteiger partial charge in [-0.05, 0) is 18.6 Å². The van der Waals surface area contributed by atoms with Crippen molar-refractivity contribution in [2.75, 3.05) is 11.5 Å². The van der Waals surface area contributed by atoms with Crippen LogP contribution in [0.1, 0.15) is 12.5 Å². The minimum Gasteiger partial charge on any atom is -0.508 e. The van der Waals surface area contributed by atoms with Crippen molar-refractivity contribution in [3.8, 4) is 5.75 Å². The first-order valence-corrected chi connectivity index (χ1v) is 3.52. The summed E-state index contributed by atoms with van der Waals surface area (Å²) in [6.07, 6.45) is 0.697. The van der Waals surface area contributed by atoms with Crippen molar-refractivity contribution in [3.05, 3.63) is 17.7 Å². The van der Waals surface area contributed by atoms with E-state index in [1.54, 1.807) is 12.1 Å². The topological polar surface area (TPSA) is 72.3 Å². The van der Waals surface area contributed by atoms with Crippen LogP contribution in [0.15, 0.2) is 12.1 Å². The van der Waals surface area contributed by atoms with Crippen LogP contribution in [0, 0.1) is 0 Å².